The number of hydrogen-bond donors (Lipinski definition) is 4. The van der Waals surface area contributed by atoms with Crippen LogP contribution in [0.3, 0.4) is 0 Å². The van der Waals surface area contributed by atoms with E-state index in [9.17, 15) is 14.4 Å². The summed E-state index contributed by atoms with van der Waals surface area (Å²) in [5.41, 5.74) is 8.11. The van der Waals surface area contributed by atoms with Gasteiger partial charge in [0.1, 0.15) is 6.04 Å². The maximum absolute atomic E-state index is 13.4. The van der Waals surface area contributed by atoms with Gasteiger partial charge in [-0.25, -0.2) is 4.79 Å². The van der Waals surface area contributed by atoms with Gasteiger partial charge in [-0.15, -0.1) is 0 Å². The number of carbonyl (C=O) groups is 3. The Labute approximate surface area is 210 Å². The summed E-state index contributed by atoms with van der Waals surface area (Å²) in [5, 5.41) is 9.34. The van der Waals surface area contributed by atoms with Crippen LogP contribution in [0, 0.1) is 5.92 Å². The average molecular weight is 498 g/mol. The fraction of sp³-hybridized carbons (Fsp3) is 0.423. The second-order valence-electron chi connectivity index (χ2n) is 9.70. The van der Waals surface area contributed by atoms with Gasteiger partial charge in [0.15, 0.2) is 0 Å². The van der Waals surface area contributed by atoms with Gasteiger partial charge in [-0.3, -0.25) is 14.5 Å². The molecule has 1 aliphatic heterocycles. The highest BCUT2D eigenvalue weighted by atomic mass is 35.5. The molecule has 2 aliphatic rings. The first kappa shape index (κ1) is 25.0. The van der Waals surface area contributed by atoms with Crippen molar-refractivity contribution in [2.45, 2.75) is 64.1 Å². The van der Waals surface area contributed by atoms with Gasteiger partial charge in [-0.2, -0.15) is 0 Å². The molecule has 1 fully saturated rings. The molecule has 9 heteroatoms. The summed E-state index contributed by atoms with van der Waals surface area (Å²) < 4.78 is 0. The lowest BCUT2D eigenvalue weighted by molar-refractivity contribution is -0.117. The van der Waals surface area contributed by atoms with E-state index < -0.39 is 12.1 Å². The van der Waals surface area contributed by atoms with Crippen LogP contribution in [0.25, 0.3) is 0 Å². The van der Waals surface area contributed by atoms with Crippen molar-refractivity contribution < 1.29 is 14.4 Å². The minimum Gasteiger partial charge on any atom is -0.348 e. The second kappa shape index (κ2) is 10.7. The number of urea groups is 1. The van der Waals surface area contributed by atoms with Gasteiger partial charge >= 0.3 is 6.03 Å². The molecular weight excluding hydrogens is 466 g/mol. The van der Waals surface area contributed by atoms with E-state index in [0.29, 0.717) is 34.1 Å². The molecule has 1 saturated carbocycles. The van der Waals surface area contributed by atoms with Gasteiger partial charge in [0.05, 0.1) is 11.4 Å². The van der Waals surface area contributed by atoms with Crippen LogP contribution in [0.1, 0.15) is 56.3 Å². The van der Waals surface area contributed by atoms with Gasteiger partial charge in [0, 0.05) is 28.4 Å². The molecule has 8 nitrogen and oxygen atoms in total. The Hall–Kier alpha value is -3.10. The first-order valence-electron chi connectivity index (χ1n) is 12.1. The van der Waals surface area contributed by atoms with Crippen molar-refractivity contribution in [2.24, 2.45) is 11.7 Å². The van der Waals surface area contributed by atoms with Gasteiger partial charge in [-0.1, -0.05) is 38.3 Å². The van der Waals surface area contributed by atoms with E-state index in [0.717, 1.165) is 25.7 Å². The predicted octanol–water partition coefficient (Wildman–Crippen LogP) is 4.75. The molecule has 3 unspecified atom stereocenters. The van der Waals surface area contributed by atoms with Crippen LogP contribution in [0.5, 0.6) is 0 Å². The largest absolute Gasteiger partial charge is 0.348 e. The number of carbonyl (C=O) groups excluding carboxylic acids is 3. The standard InChI is InChI=1S/C26H32ClN5O3/c1-15(2)13-23-25(34)31-21-14-16(24(33)30-20-6-4-3-5-19(20)28)7-12-22(21)32(23)26(35)29-18-10-8-17(27)9-11-18/h7-12,14-15,19-20,23H,3-6,13,28H2,1-2H3,(H,29,35)(H,30,33)(H,31,34). The Morgan fingerprint density at radius 3 is 2.54 bits per heavy atom. The maximum Gasteiger partial charge on any atom is 0.327 e. The lowest BCUT2D eigenvalue weighted by atomic mass is 9.91. The molecule has 2 aromatic rings. The number of nitrogens with zero attached hydrogens (tertiary/aromatic N) is 1. The zero-order chi connectivity index (χ0) is 25.1. The summed E-state index contributed by atoms with van der Waals surface area (Å²) in [6.45, 7) is 4.00. The predicted molar refractivity (Wildman–Crippen MR) is 139 cm³/mol. The third kappa shape index (κ3) is 5.77. The average Bonchev–Trinajstić information content (AvgIpc) is 2.81. The van der Waals surface area contributed by atoms with Crippen molar-refractivity contribution in [2.75, 3.05) is 15.5 Å². The summed E-state index contributed by atoms with van der Waals surface area (Å²) in [7, 11) is 0. The van der Waals surface area contributed by atoms with E-state index in [2.05, 4.69) is 16.0 Å². The van der Waals surface area contributed by atoms with Crippen molar-refractivity contribution in [3.8, 4) is 0 Å². The number of benzene rings is 2. The molecule has 35 heavy (non-hydrogen) atoms. The maximum atomic E-state index is 13.4. The third-order valence-electron chi connectivity index (χ3n) is 6.54. The highest BCUT2D eigenvalue weighted by molar-refractivity contribution is 6.30. The zero-order valence-corrected chi connectivity index (χ0v) is 20.8. The second-order valence-corrected chi connectivity index (χ2v) is 10.1. The molecule has 0 aromatic heterocycles. The minimum atomic E-state index is -0.685. The Morgan fingerprint density at radius 1 is 1.14 bits per heavy atom. The fourth-order valence-electron chi connectivity index (χ4n) is 4.71. The Kier molecular flexibility index (Phi) is 7.62. The number of halogens is 1. The summed E-state index contributed by atoms with van der Waals surface area (Å²) in [5.74, 6) is -0.349. The number of nitrogens with one attached hydrogen (secondary N) is 3. The molecule has 1 heterocycles. The molecule has 0 radical (unpaired) electrons. The number of fused-ring (bicyclic) bond motifs is 1. The van der Waals surface area contributed by atoms with E-state index in [1.54, 1.807) is 42.5 Å². The van der Waals surface area contributed by atoms with Crippen molar-refractivity contribution in [1.29, 1.82) is 0 Å². The van der Waals surface area contributed by atoms with E-state index in [4.69, 9.17) is 17.3 Å². The minimum absolute atomic E-state index is 0.0612. The van der Waals surface area contributed by atoms with E-state index >= 15 is 0 Å². The van der Waals surface area contributed by atoms with E-state index in [1.165, 1.54) is 4.90 Å². The van der Waals surface area contributed by atoms with Crippen LogP contribution < -0.4 is 26.6 Å². The number of anilines is 3. The van der Waals surface area contributed by atoms with Gasteiger partial charge in [0.25, 0.3) is 5.91 Å². The highest BCUT2D eigenvalue weighted by Crippen LogP contribution is 2.35. The van der Waals surface area contributed by atoms with Crippen molar-refractivity contribution in [3.63, 3.8) is 0 Å². The lowest BCUT2D eigenvalue weighted by Gasteiger charge is -2.37. The number of rotatable bonds is 5. The first-order chi connectivity index (χ1) is 16.7. The Balaban J connectivity index is 1.61. The molecule has 2 aromatic carbocycles. The number of nitrogens with two attached hydrogens (primary N) is 1. The lowest BCUT2D eigenvalue weighted by Crippen LogP contribution is -2.53. The molecule has 0 saturated heterocycles. The molecule has 3 atom stereocenters. The molecule has 186 valence electrons. The fourth-order valence-corrected chi connectivity index (χ4v) is 4.83. The quantitative estimate of drug-likeness (QED) is 0.477. The topological polar surface area (TPSA) is 117 Å². The van der Waals surface area contributed by atoms with Crippen LogP contribution in [-0.4, -0.2) is 36.0 Å². The van der Waals surface area contributed by atoms with Crippen LogP contribution >= 0.6 is 11.6 Å². The molecule has 5 N–H and O–H groups in total. The van der Waals surface area contributed by atoms with Crippen molar-refractivity contribution >= 4 is 46.5 Å². The Bertz CT molecular complexity index is 1100. The monoisotopic (exact) mass is 497 g/mol. The van der Waals surface area contributed by atoms with Crippen LogP contribution in [0.15, 0.2) is 42.5 Å². The highest BCUT2D eigenvalue weighted by Gasteiger charge is 2.38. The van der Waals surface area contributed by atoms with Gasteiger partial charge in [0.2, 0.25) is 5.91 Å². The summed E-state index contributed by atoms with van der Waals surface area (Å²) >= 11 is 5.96. The summed E-state index contributed by atoms with van der Waals surface area (Å²) in [4.78, 5) is 40.9. The summed E-state index contributed by atoms with van der Waals surface area (Å²) in [6, 6.07) is 10.5. The SMILES string of the molecule is CC(C)CC1C(=O)Nc2cc(C(=O)NC3CCCCC3N)ccc2N1C(=O)Nc1ccc(Cl)cc1. The molecule has 1 aliphatic carbocycles. The molecule has 0 spiro atoms. The third-order valence-corrected chi connectivity index (χ3v) is 6.79. The molecule has 0 bridgehead atoms. The van der Waals surface area contributed by atoms with Crippen molar-refractivity contribution in [1.82, 2.24) is 5.32 Å². The number of hydrogen-bond acceptors (Lipinski definition) is 4. The van der Waals surface area contributed by atoms with E-state index in [1.807, 2.05) is 13.8 Å². The van der Waals surface area contributed by atoms with E-state index in [-0.39, 0.29) is 29.8 Å². The Morgan fingerprint density at radius 2 is 1.86 bits per heavy atom. The smallest absolute Gasteiger partial charge is 0.327 e. The zero-order valence-electron chi connectivity index (χ0n) is 20.0. The van der Waals surface area contributed by atoms with Gasteiger partial charge < -0.3 is 21.7 Å². The van der Waals surface area contributed by atoms with Crippen molar-refractivity contribution in [3.05, 3.63) is 53.1 Å². The van der Waals surface area contributed by atoms with Crippen LogP contribution in [0.4, 0.5) is 21.9 Å². The first-order valence-corrected chi connectivity index (χ1v) is 12.5. The molecule has 4 rings (SSSR count). The summed E-state index contributed by atoms with van der Waals surface area (Å²) in [6.07, 6.45) is 4.34. The van der Waals surface area contributed by atoms with Gasteiger partial charge in [-0.05, 0) is 67.6 Å². The molecular formula is C26H32ClN5O3. The van der Waals surface area contributed by atoms with Crippen LogP contribution in [0.2, 0.25) is 5.02 Å². The molecule has 4 amide bonds. The van der Waals surface area contributed by atoms with Crippen LogP contribution in [-0.2, 0) is 4.79 Å². The number of amides is 4. The normalized spacial score (nSPS) is 21.8.